The van der Waals surface area contributed by atoms with E-state index in [0.29, 0.717) is 0 Å². The van der Waals surface area contributed by atoms with E-state index < -0.39 is 0 Å². The SMILES string of the molecule is CC(C)(C)c1ccc(C2=C3CCCc4ccccc4C3=NC2C(c2[nH]c3c(c2-c2ccc(C(C)(C)C)cc2)CCCc2ccccc2-3)c2cccc3ccccc23)cc1. The molecule has 7 aromatic rings. The first-order valence-electron chi connectivity index (χ1n) is 22.0. The number of rotatable bonds is 5. The first-order chi connectivity index (χ1) is 28.5. The smallest absolute Gasteiger partial charge is 0.0889 e. The third-order valence-electron chi connectivity index (χ3n) is 13.5. The van der Waals surface area contributed by atoms with Crippen molar-refractivity contribution in [2.45, 2.75) is 103 Å². The Morgan fingerprint density at radius 3 is 1.83 bits per heavy atom. The molecule has 2 atom stereocenters. The molecule has 1 aliphatic heterocycles. The molecule has 2 nitrogen and oxygen atoms in total. The van der Waals surface area contributed by atoms with Crippen molar-refractivity contribution in [1.29, 1.82) is 0 Å². The minimum Gasteiger partial charge on any atom is -0.357 e. The lowest BCUT2D eigenvalue weighted by atomic mass is 9.77. The van der Waals surface area contributed by atoms with Gasteiger partial charge in [0.1, 0.15) is 0 Å². The van der Waals surface area contributed by atoms with E-state index in [2.05, 4.69) is 186 Å². The van der Waals surface area contributed by atoms with E-state index in [1.165, 1.54) is 100 Å². The molecule has 1 aromatic heterocycles. The summed E-state index contributed by atoms with van der Waals surface area (Å²) in [5, 5.41) is 2.55. The highest BCUT2D eigenvalue weighted by atomic mass is 14.9. The molecule has 2 heteroatoms. The zero-order chi connectivity index (χ0) is 40.5. The molecule has 6 aromatic carbocycles. The molecule has 59 heavy (non-hydrogen) atoms. The molecule has 1 N–H and O–H groups in total. The third-order valence-corrected chi connectivity index (χ3v) is 13.5. The second-order valence-electron chi connectivity index (χ2n) is 19.3. The van der Waals surface area contributed by atoms with Crippen LogP contribution in [0.2, 0.25) is 0 Å². The summed E-state index contributed by atoms with van der Waals surface area (Å²) in [6.45, 7) is 13.9. The lowest BCUT2D eigenvalue weighted by Crippen LogP contribution is -2.21. The van der Waals surface area contributed by atoms with Gasteiger partial charge in [-0.1, -0.05) is 181 Å². The minimum absolute atomic E-state index is 0.0651. The van der Waals surface area contributed by atoms with Crippen LogP contribution in [0.15, 0.2) is 150 Å². The first kappa shape index (κ1) is 37.5. The molecule has 3 aliphatic rings. The van der Waals surface area contributed by atoms with Crippen molar-refractivity contribution in [3.8, 4) is 22.4 Å². The molecule has 2 heterocycles. The Labute approximate surface area is 351 Å². The van der Waals surface area contributed by atoms with Gasteiger partial charge in [0.15, 0.2) is 0 Å². The molecule has 0 saturated heterocycles. The minimum atomic E-state index is -0.150. The van der Waals surface area contributed by atoms with Crippen molar-refractivity contribution >= 4 is 22.1 Å². The number of allylic oxidation sites excluding steroid dienone is 1. The van der Waals surface area contributed by atoms with E-state index in [1.807, 2.05) is 0 Å². The zero-order valence-electron chi connectivity index (χ0n) is 35.6. The summed E-state index contributed by atoms with van der Waals surface area (Å²) >= 11 is 0. The molecule has 0 fully saturated rings. The van der Waals surface area contributed by atoms with Gasteiger partial charge in [0.2, 0.25) is 0 Å². The van der Waals surface area contributed by atoms with Gasteiger partial charge >= 0.3 is 0 Å². The predicted octanol–water partition coefficient (Wildman–Crippen LogP) is 14.4. The van der Waals surface area contributed by atoms with E-state index in [0.717, 1.165) is 38.5 Å². The monoisotopic (exact) mass is 768 g/mol. The number of nitrogens with zero attached hydrogens (tertiary/aromatic N) is 1. The number of aromatic amines is 1. The van der Waals surface area contributed by atoms with Crippen LogP contribution in [0.4, 0.5) is 0 Å². The fraction of sp³-hybridized carbons (Fsp3) is 0.281. The maximum atomic E-state index is 6.07. The molecule has 0 radical (unpaired) electrons. The summed E-state index contributed by atoms with van der Waals surface area (Å²) in [6, 6.07) is 53.0. The summed E-state index contributed by atoms with van der Waals surface area (Å²) < 4.78 is 0. The Balaban J connectivity index is 1.30. The molecule has 294 valence electrons. The Bertz CT molecular complexity index is 2770. The van der Waals surface area contributed by atoms with Gasteiger partial charge in [-0.05, 0) is 116 Å². The van der Waals surface area contributed by atoms with Gasteiger partial charge in [-0.25, -0.2) is 0 Å². The van der Waals surface area contributed by atoms with Crippen LogP contribution >= 0.6 is 0 Å². The number of fused-ring (bicyclic) bond motifs is 7. The molecule has 0 bridgehead atoms. The lowest BCUT2D eigenvalue weighted by Gasteiger charge is -2.28. The molecule has 0 spiro atoms. The highest BCUT2D eigenvalue weighted by Gasteiger charge is 2.41. The standard InChI is InChI=1S/C57H56N2/c1-56(2,3)41-32-28-39(29-33-41)49-47-26-14-20-37-17-8-11-23-44(37)52(47)58-54(49)51(46-25-13-19-36-16-7-10-22-43(36)46)55-50(40-30-34-42(35-31-40)57(4,5)6)48-27-15-21-38-18-9-12-24-45(38)53(48)59-55/h7-13,16-19,22-25,28-35,51,54,59H,14-15,20-21,26-27H2,1-6H3. The number of benzene rings is 6. The van der Waals surface area contributed by atoms with E-state index in [-0.39, 0.29) is 22.8 Å². The highest BCUT2D eigenvalue weighted by molar-refractivity contribution is 6.21. The van der Waals surface area contributed by atoms with Gasteiger partial charge in [0.05, 0.1) is 17.7 Å². The fourth-order valence-electron chi connectivity index (χ4n) is 10.4. The van der Waals surface area contributed by atoms with Crippen molar-refractivity contribution in [2.24, 2.45) is 4.99 Å². The molecule has 0 saturated carbocycles. The van der Waals surface area contributed by atoms with E-state index in [9.17, 15) is 0 Å². The van der Waals surface area contributed by atoms with E-state index >= 15 is 0 Å². The number of aliphatic imine (C=N–C) groups is 1. The Morgan fingerprint density at radius 2 is 1.14 bits per heavy atom. The summed E-state index contributed by atoms with van der Waals surface area (Å²) in [4.78, 5) is 10.4. The molecular weight excluding hydrogens is 713 g/mol. The maximum Gasteiger partial charge on any atom is 0.0889 e. The van der Waals surface area contributed by atoms with Crippen molar-refractivity contribution in [3.63, 3.8) is 0 Å². The summed E-state index contributed by atoms with van der Waals surface area (Å²) in [5.74, 6) is -0.0890. The van der Waals surface area contributed by atoms with Crippen molar-refractivity contribution in [1.82, 2.24) is 4.98 Å². The zero-order valence-corrected chi connectivity index (χ0v) is 35.6. The Morgan fingerprint density at radius 1 is 0.559 bits per heavy atom. The van der Waals surface area contributed by atoms with Crippen molar-refractivity contribution in [2.75, 3.05) is 0 Å². The van der Waals surface area contributed by atoms with Crippen LogP contribution < -0.4 is 0 Å². The van der Waals surface area contributed by atoms with E-state index in [1.54, 1.807) is 0 Å². The molecule has 2 aliphatic carbocycles. The quantitative estimate of drug-likeness (QED) is 0.181. The van der Waals surface area contributed by atoms with Gasteiger partial charge in [0.25, 0.3) is 0 Å². The van der Waals surface area contributed by atoms with Crippen molar-refractivity contribution in [3.05, 3.63) is 195 Å². The number of nitrogens with one attached hydrogen (secondary N) is 1. The number of aromatic nitrogens is 1. The molecule has 0 amide bonds. The van der Waals surface area contributed by atoms with Gasteiger partial charge in [-0.3, -0.25) is 4.99 Å². The van der Waals surface area contributed by atoms with Crippen LogP contribution in [0.1, 0.15) is 117 Å². The maximum absolute atomic E-state index is 6.07. The second kappa shape index (κ2) is 14.5. The number of hydrogen-bond acceptors (Lipinski definition) is 1. The number of H-pyrrole nitrogens is 1. The highest BCUT2D eigenvalue weighted by Crippen LogP contribution is 2.51. The largest absolute Gasteiger partial charge is 0.357 e. The second-order valence-corrected chi connectivity index (χ2v) is 19.3. The Kier molecular flexibility index (Phi) is 9.24. The predicted molar refractivity (Wildman–Crippen MR) is 250 cm³/mol. The van der Waals surface area contributed by atoms with Gasteiger partial charge in [0, 0.05) is 28.1 Å². The Hall–Kier alpha value is -5.73. The molecule has 2 unspecified atom stereocenters. The van der Waals surface area contributed by atoms with Gasteiger partial charge in [-0.15, -0.1) is 0 Å². The van der Waals surface area contributed by atoms with Crippen LogP contribution in [0.5, 0.6) is 0 Å². The normalized spacial score (nSPS) is 17.1. The van der Waals surface area contributed by atoms with Crippen LogP contribution in [-0.4, -0.2) is 16.7 Å². The molecular formula is C57H56N2. The van der Waals surface area contributed by atoms with Gasteiger partial charge < -0.3 is 4.98 Å². The van der Waals surface area contributed by atoms with Crippen LogP contribution in [0.25, 0.3) is 38.7 Å². The van der Waals surface area contributed by atoms with Crippen LogP contribution in [0.3, 0.4) is 0 Å². The topological polar surface area (TPSA) is 28.1 Å². The number of aryl methyl sites for hydroxylation is 2. The van der Waals surface area contributed by atoms with Crippen LogP contribution in [0, 0.1) is 0 Å². The summed E-state index contributed by atoms with van der Waals surface area (Å²) in [6.07, 6.45) is 6.42. The first-order valence-corrected chi connectivity index (χ1v) is 22.0. The summed E-state index contributed by atoms with van der Waals surface area (Å²) in [7, 11) is 0. The average molecular weight is 769 g/mol. The van der Waals surface area contributed by atoms with Crippen molar-refractivity contribution < 1.29 is 0 Å². The van der Waals surface area contributed by atoms with Gasteiger partial charge in [-0.2, -0.15) is 0 Å². The lowest BCUT2D eigenvalue weighted by molar-refractivity contribution is 0.590. The van der Waals surface area contributed by atoms with E-state index in [4.69, 9.17) is 4.99 Å². The summed E-state index contributed by atoms with van der Waals surface area (Å²) in [5.41, 5.74) is 21.6. The number of hydrogen-bond donors (Lipinski definition) is 1. The third kappa shape index (κ3) is 6.62. The average Bonchev–Trinajstić information content (AvgIpc) is 3.66. The fourth-order valence-corrected chi connectivity index (χ4v) is 10.4. The molecule has 10 rings (SSSR count). The van der Waals surface area contributed by atoms with Crippen LogP contribution in [-0.2, 0) is 30.1 Å².